The lowest BCUT2D eigenvalue weighted by Gasteiger charge is -2.04. The van der Waals surface area contributed by atoms with Gasteiger partial charge in [-0.05, 0) is 55.0 Å². The van der Waals surface area contributed by atoms with Crippen LogP contribution in [0.1, 0.15) is 22.8 Å². The Morgan fingerprint density at radius 2 is 1.54 bits per heavy atom. The van der Waals surface area contributed by atoms with E-state index in [9.17, 15) is 9.59 Å². The SMILES string of the molecule is C=C(C)C(=O)Oc1ccc(C(=O)/C=C/c2ccc(OC)cc2)cc1. The van der Waals surface area contributed by atoms with Gasteiger partial charge in [-0.25, -0.2) is 4.79 Å². The van der Waals surface area contributed by atoms with Gasteiger partial charge >= 0.3 is 5.97 Å². The molecule has 2 rings (SSSR count). The molecule has 0 unspecified atom stereocenters. The molecule has 0 amide bonds. The largest absolute Gasteiger partial charge is 0.497 e. The summed E-state index contributed by atoms with van der Waals surface area (Å²) in [7, 11) is 1.60. The van der Waals surface area contributed by atoms with E-state index in [1.807, 2.05) is 24.3 Å². The molecule has 0 aliphatic heterocycles. The number of carbonyl (C=O) groups excluding carboxylic acids is 2. The summed E-state index contributed by atoms with van der Waals surface area (Å²) in [6.45, 7) is 5.09. The Bertz CT molecular complexity index is 768. The van der Waals surface area contributed by atoms with Crippen LogP contribution in [0.5, 0.6) is 11.5 Å². The number of benzene rings is 2. The Morgan fingerprint density at radius 1 is 0.958 bits per heavy atom. The minimum absolute atomic E-state index is 0.136. The molecule has 0 aliphatic rings. The number of rotatable bonds is 6. The minimum atomic E-state index is -0.492. The molecule has 0 radical (unpaired) electrons. The van der Waals surface area contributed by atoms with E-state index in [2.05, 4.69) is 6.58 Å². The highest BCUT2D eigenvalue weighted by Crippen LogP contribution is 2.16. The molecule has 0 bridgehead atoms. The molecule has 4 heteroatoms. The van der Waals surface area contributed by atoms with Crippen LogP contribution in [0.25, 0.3) is 6.08 Å². The predicted octanol–water partition coefficient (Wildman–Crippen LogP) is 4.07. The number of ether oxygens (including phenoxy) is 2. The fourth-order valence-corrected chi connectivity index (χ4v) is 1.86. The monoisotopic (exact) mass is 322 g/mol. The second-order valence-electron chi connectivity index (χ2n) is 5.16. The number of esters is 1. The molecule has 0 aliphatic carbocycles. The third-order valence-electron chi connectivity index (χ3n) is 3.24. The van der Waals surface area contributed by atoms with E-state index in [0.29, 0.717) is 16.9 Å². The fraction of sp³-hybridized carbons (Fsp3) is 0.100. The summed E-state index contributed by atoms with van der Waals surface area (Å²) in [5, 5.41) is 0. The quantitative estimate of drug-likeness (QED) is 0.348. The maximum absolute atomic E-state index is 12.1. The van der Waals surface area contributed by atoms with Crippen LogP contribution in [-0.4, -0.2) is 18.9 Å². The lowest BCUT2D eigenvalue weighted by molar-refractivity contribution is -0.130. The molecule has 2 aromatic rings. The number of allylic oxidation sites excluding steroid dienone is 1. The second-order valence-corrected chi connectivity index (χ2v) is 5.16. The molecular formula is C20H18O4. The molecule has 24 heavy (non-hydrogen) atoms. The molecule has 0 heterocycles. The third-order valence-corrected chi connectivity index (χ3v) is 3.24. The lowest BCUT2D eigenvalue weighted by Crippen LogP contribution is -2.08. The second kappa shape index (κ2) is 7.92. The molecule has 0 saturated carbocycles. The Labute approximate surface area is 141 Å². The first kappa shape index (κ1) is 17.2. The van der Waals surface area contributed by atoms with Gasteiger partial charge in [-0.2, -0.15) is 0 Å². The van der Waals surface area contributed by atoms with E-state index in [1.165, 1.54) is 6.08 Å². The smallest absolute Gasteiger partial charge is 0.338 e. The molecule has 0 spiro atoms. The number of hydrogen-bond donors (Lipinski definition) is 0. The molecule has 0 aromatic heterocycles. The van der Waals surface area contributed by atoms with E-state index >= 15 is 0 Å². The van der Waals surface area contributed by atoms with Gasteiger partial charge in [0.25, 0.3) is 0 Å². The van der Waals surface area contributed by atoms with Crippen LogP contribution in [0.4, 0.5) is 0 Å². The van der Waals surface area contributed by atoms with Crippen LogP contribution in [0, 0.1) is 0 Å². The zero-order valence-electron chi connectivity index (χ0n) is 13.6. The zero-order valence-corrected chi connectivity index (χ0v) is 13.6. The average molecular weight is 322 g/mol. The first-order valence-electron chi connectivity index (χ1n) is 7.34. The van der Waals surface area contributed by atoms with E-state index in [4.69, 9.17) is 9.47 Å². The third kappa shape index (κ3) is 4.68. The van der Waals surface area contributed by atoms with E-state index in [1.54, 1.807) is 44.4 Å². The molecule has 0 N–H and O–H groups in total. The van der Waals surface area contributed by atoms with Crippen molar-refractivity contribution in [2.45, 2.75) is 6.92 Å². The molecule has 0 saturated heterocycles. The first-order valence-corrected chi connectivity index (χ1v) is 7.34. The number of methoxy groups -OCH3 is 1. The summed E-state index contributed by atoms with van der Waals surface area (Å²) >= 11 is 0. The number of carbonyl (C=O) groups is 2. The van der Waals surface area contributed by atoms with Gasteiger partial charge in [0.15, 0.2) is 5.78 Å². The number of ketones is 1. The molecule has 2 aromatic carbocycles. The zero-order chi connectivity index (χ0) is 17.5. The van der Waals surface area contributed by atoms with Gasteiger partial charge in [-0.1, -0.05) is 24.8 Å². The van der Waals surface area contributed by atoms with Gasteiger partial charge in [0.05, 0.1) is 7.11 Å². The Hall–Kier alpha value is -3.14. The maximum Gasteiger partial charge on any atom is 0.338 e. The van der Waals surface area contributed by atoms with Gasteiger partial charge < -0.3 is 9.47 Å². The van der Waals surface area contributed by atoms with Crippen LogP contribution in [-0.2, 0) is 4.79 Å². The highest BCUT2D eigenvalue weighted by Gasteiger charge is 2.07. The average Bonchev–Trinajstić information content (AvgIpc) is 2.60. The van der Waals surface area contributed by atoms with Gasteiger partial charge in [0.2, 0.25) is 0 Å². The Balaban J connectivity index is 2.02. The van der Waals surface area contributed by atoms with Crippen molar-refractivity contribution in [3.8, 4) is 11.5 Å². The molecule has 4 nitrogen and oxygen atoms in total. The summed E-state index contributed by atoms with van der Waals surface area (Å²) in [6, 6.07) is 13.8. The summed E-state index contributed by atoms with van der Waals surface area (Å²) in [5.74, 6) is 0.508. The van der Waals surface area contributed by atoms with Crippen molar-refractivity contribution in [3.63, 3.8) is 0 Å². The first-order chi connectivity index (χ1) is 11.5. The Kier molecular flexibility index (Phi) is 5.68. The van der Waals surface area contributed by atoms with Gasteiger partial charge in [0.1, 0.15) is 11.5 Å². The summed E-state index contributed by atoms with van der Waals surface area (Å²) in [5.41, 5.74) is 1.73. The van der Waals surface area contributed by atoms with E-state index in [0.717, 1.165) is 11.3 Å². The van der Waals surface area contributed by atoms with Crippen molar-refractivity contribution in [2.24, 2.45) is 0 Å². The van der Waals surface area contributed by atoms with Crippen LogP contribution < -0.4 is 9.47 Å². The van der Waals surface area contributed by atoms with Gasteiger partial charge in [0, 0.05) is 11.1 Å². The van der Waals surface area contributed by atoms with Gasteiger partial charge in [-0.15, -0.1) is 0 Å². The molecule has 0 fully saturated rings. The standard InChI is InChI=1S/C20H18O4/c1-14(2)20(22)24-18-11-7-16(8-12-18)19(21)13-6-15-4-9-17(23-3)10-5-15/h4-13H,1H2,2-3H3/b13-6+. The maximum atomic E-state index is 12.1. The van der Waals surface area contributed by atoms with Crippen molar-refractivity contribution in [1.29, 1.82) is 0 Å². The highest BCUT2D eigenvalue weighted by atomic mass is 16.5. The Morgan fingerprint density at radius 3 is 2.08 bits per heavy atom. The van der Waals surface area contributed by atoms with Crippen molar-refractivity contribution >= 4 is 17.8 Å². The predicted molar refractivity (Wildman–Crippen MR) is 93.2 cm³/mol. The number of hydrogen-bond acceptors (Lipinski definition) is 4. The van der Waals surface area contributed by atoms with Crippen LogP contribution in [0.3, 0.4) is 0 Å². The summed E-state index contributed by atoms with van der Waals surface area (Å²) in [6.07, 6.45) is 3.23. The lowest BCUT2D eigenvalue weighted by atomic mass is 10.1. The van der Waals surface area contributed by atoms with Crippen molar-refractivity contribution in [1.82, 2.24) is 0 Å². The van der Waals surface area contributed by atoms with E-state index < -0.39 is 5.97 Å². The van der Waals surface area contributed by atoms with Crippen LogP contribution >= 0.6 is 0 Å². The van der Waals surface area contributed by atoms with Gasteiger partial charge in [-0.3, -0.25) is 4.79 Å². The van der Waals surface area contributed by atoms with Crippen molar-refractivity contribution in [2.75, 3.05) is 7.11 Å². The summed E-state index contributed by atoms with van der Waals surface area (Å²) < 4.78 is 10.2. The fourth-order valence-electron chi connectivity index (χ4n) is 1.86. The van der Waals surface area contributed by atoms with Crippen LogP contribution in [0.2, 0.25) is 0 Å². The van der Waals surface area contributed by atoms with Crippen molar-refractivity contribution < 1.29 is 19.1 Å². The highest BCUT2D eigenvalue weighted by molar-refractivity contribution is 6.06. The minimum Gasteiger partial charge on any atom is -0.497 e. The van der Waals surface area contributed by atoms with Crippen molar-refractivity contribution in [3.05, 3.63) is 77.9 Å². The summed E-state index contributed by atoms with van der Waals surface area (Å²) in [4.78, 5) is 23.6. The topological polar surface area (TPSA) is 52.6 Å². The molecule has 0 atom stereocenters. The van der Waals surface area contributed by atoms with Crippen LogP contribution in [0.15, 0.2) is 66.8 Å². The normalized spacial score (nSPS) is 10.4. The molecular weight excluding hydrogens is 304 g/mol. The molecule has 122 valence electrons. The van der Waals surface area contributed by atoms with E-state index in [-0.39, 0.29) is 5.78 Å².